The van der Waals surface area contributed by atoms with Gasteiger partial charge in [-0.3, -0.25) is 8.89 Å². The minimum Gasteiger partial charge on any atom is -0.310 e. The molecule has 14 heavy (non-hydrogen) atoms. The van der Waals surface area contributed by atoms with E-state index in [0.717, 1.165) is 18.0 Å². The molecule has 0 aliphatic heterocycles. The van der Waals surface area contributed by atoms with Crippen molar-refractivity contribution in [3.8, 4) is 0 Å². The maximum absolute atomic E-state index is 11.1. The summed E-state index contributed by atoms with van der Waals surface area (Å²) in [7, 11) is 1.15. The van der Waals surface area contributed by atoms with Gasteiger partial charge in [0.2, 0.25) is 0 Å². The van der Waals surface area contributed by atoms with Crippen molar-refractivity contribution < 1.29 is 4.21 Å². The number of hydrogen-bond acceptors (Lipinski definition) is 4. The number of aryl methyl sites for hydroxylation is 1. The van der Waals surface area contributed by atoms with Crippen molar-refractivity contribution in [1.29, 1.82) is 0 Å². The monoisotopic (exact) mass is 216 g/mol. The van der Waals surface area contributed by atoms with Crippen molar-refractivity contribution in [3.05, 3.63) is 11.9 Å². The van der Waals surface area contributed by atoms with Crippen LogP contribution in [0.5, 0.6) is 0 Å². The molecule has 1 atom stereocenters. The zero-order chi connectivity index (χ0) is 10.4. The SMILES string of the molecule is CCS(=O)CCNCc1cn(C)nn1. The summed E-state index contributed by atoms with van der Waals surface area (Å²) in [5.74, 6) is 1.43. The third-order valence-electron chi connectivity index (χ3n) is 1.78. The summed E-state index contributed by atoms with van der Waals surface area (Å²) < 4.78 is 12.7. The Balaban J connectivity index is 2.13. The summed E-state index contributed by atoms with van der Waals surface area (Å²) in [4.78, 5) is 0. The van der Waals surface area contributed by atoms with Crippen LogP contribution in [0.2, 0.25) is 0 Å². The Hall–Kier alpha value is -0.750. The largest absolute Gasteiger partial charge is 0.310 e. The first-order valence-corrected chi connectivity index (χ1v) is 6.12. The Morgan fingerprint density at radius 3 is 3.00 bits per heavy atom. The van der Waals surface area contributed by atoms with Gasteiger partial charge in [0.25, 0.3) is 0 Å². The van der Waals surface area contributed by atoms with Gasteiger partial charge >= 0.3 is 0 Å². The fourth-order valence-corrected chi connectivity index (χ4v) is 1.68. The molecule has 0 bridgehead atoms. The molecule has 1 aromatic rings. The van der Waals surface area contributed by atoms with Gasteiger partial charge in [-0.1, -0.05) is 12.1 Å². The predicted octanol–water partition coefficient (Wildman–Crippen LogP) is -0.327. The van der Waals surface area contributed by atoms with Gasteiger partial charge in [0, 0.05) is 48.6 Å². The van der Waals surface area contributed by atoms with E-state index in [1.54, 1.807) is 4.68 Å². The minimum atomic E-state index is -0.683. The third kappa shape index (κ3) is 3.97. The maximum atomic E-state index is 11.1. The molecule has 5 nitrogen and oxygen atoms in total. The van der Waals surface area contributed by atoms with E-state index in [1.165, 1.54) is 0 Å². The molecule has 0 spiro atoms. The highest BCUT2D eigenvalue weighted by Gasteiger charge is 1.98. The van der Waals surface area contributed by atoms with Crippen molar-refractivity contribution in [1.82, 2.24) is 20.3 Å². The van der Waals surface area contributed by atoms with E-state index in [1.807, 2.05) is 20.2 Å². The summed E-state index contributed by atoms with van der Waals surface area (Å²) in [6.07, 6.45) is 1.86. The molecule has 80 valence electrons. The highest BCUT2D eigenvalue weighted by atomic mass is 32.2. The van der Waals surface area contributed by atoms with Crippen LogP contribution in [0.1, 0.15) is 12.6 Å². The summed E-state index contributed by atoms with van der Waals surface area (Å²) in [6, 6.07) is 0. The lowest BCUT2D eigenvalue weighted by molar-refractivity contribution is 0.670. The van der Waals surface area contributed by atoms with Gasteiger partial charge in [-0.2, -0.15) is 0 Å². The number of nitrogens with one attached hydrogen (secondary N) is 1. The molecule has 0 saturated carbocycles. The van der Waals surface area contributed by atoms with E-state index < -0.39 is 10.8 Å². The van der Waals surface area contributed by atoms with Crippen LogP contribution in [-0.4, -0.2) is 37.3 Å². The zero-order valence-corrected chi connectivity index (χ0v) is 9.38. The lowest BCUT2D eigenvalue weighted by Crippen LogP contribution is -2.20. The van der Waals surface area contributed by atoms with Crippen molar-refractivity contribution in [3.63, 3.8) is 0 Å². The Labute approximate surface area is 86.3 Å². The fraction of sp³-hybridized carbons (Fsp3) is 0.750. The first kappa shape index (κ1) is 11.3. The Morgan fingerprint density at radius 2 is 2.43 bits per heavy atom. The molecule has 0 radical (unpaired) electrons. The standard InChI is InChI=1S/C8H16N4OS/c1-3-14(13)5-4-9-6-8-7-12(2)11-10-8/h7,9H,3-6H2,1-2H3. The van der Waals surface area contributed by atoms with E-state index in [0.29, 0.717) is 12.3 Å². The van der Waals surface area contributed by atoms with Gasteiger partial charge in [-0.05, 0) is 0 Å². The minimum absolute atomic E-state index is 0.683. The van der Waals surface area contributed by atoms with Gasteiger partial charge in [0.15, 0.2) is 0 Å². The van der Waals surface area contributed by atoms with Crippen LogP contribution in [-0.2, 0) is 24.4 Å². The third-order valence-corrected chi connectivity index (χ3v) is 3.09. The number of hydrogen-bond donors (Lipinski definition) is 1. The highest BCUT2D eigenvalue weighted by Crippen LogP contribution is 1.89. The van der Waals surface area contributed by atoms with Crippen LogP contribution >= 0.6 is 0 Å². The van der Waals surface area contributed by atoms with E-state index in [2.05, 4.69) is 15.6 Å². The highest BCUT2D eigenvalue weighted by molar-refractivity contribution is 7.84. The number of aromatic nitrogens is 3. The van der Waals surface area contributed by atoms with Crippen molar-refractivity contribution in [2.75, 3.05) is 18.1 Å². The topological polar surface area (TPSA) is 59.8 Å². The van der Waals surface area contributed by atoms with Gasteiger partial charge in [-0.25, -0.2) is 0 Å². The molecule has 0 fully saturated rings. The second-order valence-corrected chi connectivity index (χ2v) is 4.86. The van der Waals surface area contributed by atoms with Crippen LogP contribution in [0.3, 0.4) is 0 Å². The smallest absolute Gasteiger partial charge is 0.0964 e. The van der Waals surface area contributed by atoms with Crippen LogP contribution in [0.15, 0.2) is 6.20 Å². The normalized spacial score (nSPS) is 13.0. The van der Waals surface area contributed by atoms with Crippen LogP contribution < -0.4 is 5.32 Å². The molecule has 1 unspecified atom stereocenters. The average molecular weight is 216 g/mol. The lowest BCUT2D eigenvalue weighted by atomic mass is 10.5. The van der Waals surface area contributed by atoms with Crippen molar-refractivity contribution in [2.45, 2.75) is 13.5 Å². The summed E-state index contributed by atoms with van der Waals surface area (Å²) in [5.41, 5.74) is 0.912. The van der Waals surface area contributed by atoms with Gasteiger partial charge in [0.05, 0.1) is 5.69 Å². The quantitative estimate of drug-likeness (QED) is 0.662. The van der Waals surface area contributed by atoms with Crippen LogP contribution in [0, 0.1) is 0 Å². The van der Waals surface area contributed by atoms with E-state index >= 15 is 0 Å². The lowest BCUT2D eigenvalue weighted by Gasteiger charge is -2.00. The molecule has 0 aromatic carbocycles. The summed E-state index contributed by atoms with van der Waals surface area (Å²) >= 11 is 0. The Kier molecular flexibility index (Phi) is 4.75. The Bertz CT molecular complexity index is 299. The molecule has 1 aromatic heterocycles. The predicted molar refractivity (Wildman–Crippen MR) is 56.3 cm³/mol. The molecule has 6 heteroatoms. The molecule has 0 aliphatic carbocycles. The molecule has 1 rings (SSSR count). The maximum Gasteiger partial charge on any atom is 0.0964 e. The van der Waals surface area contributed by atoms with E-state index in [9.17, 15) is 4.21 Å². The summed E-state index contributed by atoms with van der Waals surface area (Å²) in [6.45, 7) is 3.38. The number of rotatable bonds is 6. The molecule has 0 amide bonds. The second kappa shape index (κ2) is 5.87. The molecular formula is C8H16N4OS. The number of nitrogens with zero attached hydrogens (tertiary/aromatic N) is 3. The molecule has 1 heterocycles. The van der Waals surface area contributed by atoms with Crippen LogP contribution in [0.25, 0.3) is 0 Å². The van der Waals surface area contributed by atoms with Crippen molar-refractivity contribution >= 4 is 10.8 Å². The first-order valence-electron chi connectivity index (χ1n) is 4.63. The first-order chi connectivity index (χ1) is 6.72. The fourth-order valence-electron chi connectivity index (χ4n) is 1.02. The molecule has 0 aliphatic rings. The summed E-state index contributed by atoms with van der Waals surface area (Å²) in [5, 5.41) is 10.9. The van der Waals surface area contributed by atoms with Gasteiger partial charge in [-0.15, -0.1) is 5.10 Å². The molecule has 1 N–H and O–H groups in total. The van der Waals surface area contributed by atoms with E-state index in [-0.39, 0.29) is 0 Å². The van der Waals surface area contributed by atoms with E-state index in [4.69, 9.17) is 0 Å². The molecule has 0 saturated heterocycles. The van der Waals surface area contributed by atoms with Crippen LogP contribution in [0.4, 0.5) is 0 Å². The Morgan fingerprint density at radius 1 is 1.64 bits per heavy atom. The molecular weight excluding hydrogens is 200 g/mol. The van der Waals surface area contributed by atoms with Crippen molar-refractivity contribution in [2.24, 2.45) is 7.05 Å². The van der Waals surface area contributed by atoms with Gasteiger partial charge in [0.1, 0.15) is 0 Å². The van der Waals surface area contributed by atoms with Gasteiger partial charge < -0.3 is 5.32 Å². The second-order valence-electron chi connectivity index (χ2n) is 2.99. The zero-order valence-electron chi connectivity index (χ0n) is 8.56. The average Bonchev–Trinajstić information content (AvgIpc) is 2.58.